The minimum absolute atomic E-state index is 0.0162. The summed E-state index contributed by atoms with van der Waals surface area (Å²) in [7, 11) is 2.10. The number of hydrogen-bond acceptors (Lipinski definition) is 3. The van der Waals surface area contributed by atoms with Gasteiger partial charge in [0.2, 0.25) is 0 Å². The van der Waals surface area contributed by atoms with E-state index in [-0.39, 0.29) is 11.4 Å². The van der Waals surface area contributed by atoms with Crippen LogP contribution in [-0.4, -0.2) is 24.7 Å². The van der Waals surface area contributed by atoms with Crippen molar-refractivity contribution in [3.8, 4) is 0 Å². The minimum Gasteiger partial charge on any atom is -0.366 e. The normalized spacial score (nSPS) is 15.6. The summed E-state index contributed by atoms with van der Waals surface area (Å²) in [5.74, 6) is -0.292. The van der Waals surface area contributed by atoms with Crippen molar-refractivity contribution in [2.75, 3.05) is 11.9 Å². The third-order valence-electron chi connectivity index (χ3n) is 4.71. The van der Waals surface area contributed by atoms with Gasteiger partial charge >= 0.3 is 0 Å². The first-order valence-electron chi connectivity index (χ1n) is 8.44. The van der Waals surface area contributed by atoms with Crippen molar-refractivity contribution in [2.45, 2.75) is 26.3 Å². The first-order chi connectivity index (χ1) is 12.3. The van der Waals surface area contributed by atoms with Gasteiger partial charge in [0, 0.05) is 28.9 Å². The topological polar surface area (TPSA) is 44.7 Å². The number of benzene rings is 2. The average molecular weight is 368 g/mol. The molecule has 1 amide bonds. The van der Waals surface area contributed by atoms with E-state index >= 15 is 0 Å². The molecule has 1 aliphatic rings. The highest BCUT2D eigenvalue weighted by Crippen LogP contribution is 2.37. The molecule has 2 aromatic rings. The number of nitrogens with one attached hydrogen (secondary N) is 1. The van der Waals surface area contributed by atoms with Crippen LogP contribution in [0.1, 0.15) is 42.3 Å². The molecule has 0 spiro atoms. The molecule has 0 saturated carbocycles. The highest BCUT2D eigenvalue weighted by molar-refractivity contribution is 6.30. The van der Waals surface area contributed by atoms with Crippen LogP contribution in [0.2, 0.25) is 5.02 Å². The summed E-state index contributed by atoms with van der Waals surface area (Å²) in [6.07, 6.45) is 3.91. The fourth-order valence-corrected chi connectivity index (χ4v) is 3.31. The van der Waals surface area contributed by atoms with Gasteiger partial charge in [0.05, 0.1) is 11.8 Å². The van der Waals surface area contributed by atoms with E-state index in [1.54, 1.807) is 30.5 Å². The lowest BCUT2D eigenvalue weighted by atomic mass is 9.89. The minimum atomic E-state index is -0.292. The molecule has 0 unspecified atom stereocenters. The number of carbonyl (C=O) groups is 1. The van der Waals surface area contributed by atoms with Gasteiger partial charge in [0.1, 0.15) is 0 Å². The molecule has 0 aliphatic carbocycles. The predicted octanol–water partition coefficient (Wildman–Crippen LogP) is 4.74. The second-order valence-electron chi connectivity index (χ2n) is 7.03. The maximum absolute atomic E-state index is 12.1. The molecule has 134 valence electrons. The lowest BCUT2D eigenvalue weighted by molar-refractivity contribution is 0.0955. The number of allylic oxidation sites excluding steroid dienone is 1. The number of hydrazone groups is 1. The Balaban J connectivity index is 1.77. The smallest absolute Gasteiger partial charge is 0.271 e. The summed E-state index contributed by atoms with van der Waals surface area (Å²) in [6, 6.07) is 12.9. The highest BCUT2D eigenvalue weighted by Gasteiger charge is 2.28. The summed E-state index contributed by atoms with van der Waals surface area (Å²) < 4.78 is 0. The number of amides is 1. The molecule has 1 aliphatic heterocycles. The van der Waals surface area contributed by atoms with Crippen LogP contribution in [0.15, 0.2) is 53.6 Å². The Morgan fingerprint density at radius 1 is 1.23 bits per heavy atom. The van der Waals surface area contributed by atoms with Crippen molar-refractivity contribution >= 4 is 35.0 Å². The third kappa shape index (κ3) is 3.65. The number of hydrogen-bond donors (Lipinski definition) is 1. The van der Waals surface area contributed by atoms with Crippen LogP contribution in [-0.2, 0) is 0 Å². The Bertz CT molecular complexity index is 915. The molecule has 2 aromatic carbocycles. The molecular formula is C21H22ClN3O. The van der Waals surface area contributed by atoms with Gasteiger partial charge in [-0.25, -0.2) is 5.43 Å². The Kier molecular flexibility index (Phi) is 4.88. The second kappa shape index (κ2) is 6.96. The number of halogens is 1. The number of likely N-dealkylation sites (N-methyl/N-ethyl adjacent to an activating group) is 1. The second-order valence-corrected chi connectivity index (χ2v) is 7.46. The SMILES string of the molecule is CC1=CC(C)(C)N(C)c2ccc(/C=N\NC(=O)c3cccc(Cl)c3)cc21. The lowest BCUT2D eigenvalue weighted by Gasteiger charge is -2.40. The number of rotatable bonds is 3. The number of fused-ring (bicyclic) bond motifs is 1. The molecule has 0 saturated heterocycles. The molecule has 0 aromatic heterocycles. The van der Waals surface area contributed by atoms with E-state index in [1.807, 2.05) is 6.07 Å². The first kappa shape index (κ1) is 18.2. The number of nitrogens with zero attached hydrogens (tertiary/aromatic N) is 2. The van der Waals surface area contributed by atoms with Crippen molar-refractivity contribution in [3.05, 3.63) is 70.3 Å². The van der Waals surface area contributed by atoms with Crippen molar-refractivity contribution in [1.29, 1.82) is 0 Å². The maximum atomic E-state index is 12.1. The van der Waals surface area contributed by atoms with Gasteiger partial charge in [-0.2, -0.15) is 5.10 Å². The molecule has 1 N–H and O–H groups in total. The molecule has 0 radical (unpaired) electrons. The summed E-state index contributed by atoms with van der Waals surface area (Å²) in [4.78, 5) is 14.3. The van der Waals surface area contributed by atoms with Crippen molar-refractivity contribution in [2.24, 2.45) is 5.10 Å². The molecule has 5 heteroatoms. The van der Waals surface area contributed by atoms with Gasteiger partial charge in [-0.15, -0.1) is 0 Å². The Morgan fingerprint density at radius 3 is 2.73 bits per heavy atom. The van der Waals surface area contributed by atoms with Gasteiger partial charge in [0.15, 0.2) is 0 Å². The molecule has 0 bridgehead atoms. The molecular weight excluding hydrogens is 346 g/mol. The van der Waals surface area contributed by atoms with E-state index in [0.29, 0.717) is 10.6 Å². The zero-order valence-electron chi connectivity index (χ0n) is 15.4. The third-order valence-corrected chi connectivity index (χ3v) is 4.94. The molecule has 0 fully saturated rings. The summed E-state index contributed by atoms with van der Waals surface area (Å²) >= 11 is 5.90. The van der Waals surface area contributed by atoms with Crippen LogP contribution in [0.5, 0.6) is 0 Å². The van der Waals surface area contributed by atoms with E-state index < -0.39 is 0 Å². The van der Waals surface area contributed by atoms with Crippen molar-refractivity contribution in [3.63, 3.8) is 0 Å². The Morgan fingerprint density at radius 2 is 2.00 bits per heavy atom. The molecule has 1 heterocycles. The zero-order chi connectivity index (χ0) is 18.9. The first-order valence-corrected chi connectivity index (χ1v) is 8.82. The largest absolute Gasteiger partial charge is 0.366 e. The van der Waals surface area contributed by atoms with Gasteiger partial charge in [0.25, 0.3) is 5.91 Å². The molecule has 4 nitrogen and oxygen atoms in total. The van der Waals surface area contributed by atoms with Gasteiger partial charge in [-0.1, -0.05) is 29.8 Å². The van der Waals surface area contributed by atoms with Crippen molar-refractivity contribution < 1.29 is 4.79 Å². The molecule has 26 heavy (non-hydrogen) atoms. The van der Waals surface area contributed by atoms with E-state index in [4.69, 9.17) is 11.6 Å². The van der Waals surface area contributed by atoms with E-state index in [0.717, 1.165) is 5.56 Å². The van der Waals surface area contributed by atoms with Crippen LogP contribution in [0.3, 0.4) is 0 Å². The van der Waals surface area contributed by atoms with Gasteiger partial charge < -0.3 is 4.90 Å². The molecule has 0 atom stereocenters. The summed E-state index contributed by atoms with van der Waals surface area (Å²) in [5, 5.41) is 4.59. The summed E-state index contributed by atoms with van der Waals surface area (Å²) in [6.45, 7) is 6.51. The van der Waals surface area contributed by atoms with Crippen molar-refractivity contribution in [1.82, 2.24) is 5.43 Å². The average Bonchev–Trinajstić information content (AvgIpc) is 2.59. The predicted molar refractivity (Wildman–Crippen MR) is 109 cm³/mol. The quantitative estimate of drug-likeness (QED) is 0.629. The standard InChI is InChI=1S/C21H22ClN3O/c1-14-12-21(2,3)25(4)19-9-8-15(10-18(14)19)13-23-24-20(26)16-6-5-7-17(22)11-16/h5-13H,1-4H3,(H,24,26)/b23-13-. The van der Waals surface area contributed by atoms with E-state index in [1.165, 1.54) is 16.8 Å². The zero-order valence-corrected chi connectivity index (χ0v) is 16.1. The van der Waals surface area contributed by atoms with Crippen LogP contribution in [0.4, 0.5) is 5.69 Å². The van der Waals surface area contributed by atoms with Crippen LogP contribution in [0, 0.1) is 0 Å². The van der Waals surface area contributed by atoms with Crippen LogP contribution < -0.4 is 10.3 Å². The Labute approximate surface area is 159 Å². The van der Waals surface area contributed by atoms with Gasteiger partial charge in [-0.05, 0) is 62.2 Å². The van der Waals surface area contributed by atoms with Gasteiger partial charge in [-0.3, -0.25) is 4.79 Å². The highest BCUT2D eigenvalue weighted by atomic mass is 35.5. The monoisotopic (exact) mass is 367 g/mol. The van der Waals surface area contributed by atoms with E-state index in [2.05, 4.69) is 61.5 Å². The summed E-state index contributed by atoms with van der Waals surface area (Å²) in [5.41, 5.74) is 7.52. The maximum Gasteiger partial charge on any atom is 0.271 e. The van der Waals surface area contributed by atoms with E-state index in [9.17, 15) is 4.79 Å². The number of carbonyl (C=O) groups excluding carboxylic acids is 1. The lowest BCUT2D eigenvalue weighted by Crippen LogP contribution is -2.42. The molecule has 3 rings (SSSR count). The fourth-order valence-electron chi connectivity index (χ4n) is 3.12. The Hall–Kier alpha value is -2.59. The van der Waals surface area contributed by atoms with Crippen LogP contribution >= 0.6 is 11.6 Å². The number of anilines is 1. The fraction of sp³-hybridized carbons (Fsp3) is 0.238. The van der Waals surface area contributed by atoms with Crippen LogP contribution in [0.25, 0.3) is 5.57 Å².